The Morgan fingerprint density at radius 3 is 2.69 bits per heavy atom. The van der Waals surface area contributed by atoms with Crippen molar-refractivity contribution in [3.8, 4) is 5.75 Å². The van der Waals surface area contributed by atoms with Crippen molar-refractivity contribution in [3.05, 3.63) is 76.8 Å². The first-order valence-electron chi connectivity index (χ1n) is 10.3. The minimum atomic E-state index is -0.197. The lowest BCUT2D eigenvalue weighted by Gasteiger charge is -2.08. The molecule has 2 N–H and O–H groups in total. The lowest BCUT2D eigenvalue weighted by molar-refractivity contribution is -0.122. The van der Waals surface area contributed by atoms with E-state index in [-0.39, 0.29) is 18.4 Å². The minimum Gasteiger partial charge on any atom is -0.484 e. The topological polar surface area (TPSA) is 85.2 Å². The second-order valence-corrected chi connectivity index (χ2v) is 8.31. The van der Waals surface area contributed by atoms with Gasteiger partial charge in [-0.15, -0.1) is 11.3 Å². The molecule has 164 valence electrons. The van der Waals surface area contributed by atoms with Gasteiger partial charge in [-0.25, -0.2) is 0 Å². The number of likely N-dealkylation sites (N-methyl/N-ethyl adjacent to an activating group) is 1. The molecule has 7 nitrogen and oxygen atoms in total. The van der Waals surface area contributed by atoms with Crippen LogP contribution in [0.3, 0.4) is 0 Å². The molecule has 0 bridgehead atoms. The summed E-state index contributed by atoms with van der Waals surface area (Å²) in [7, 11) is 0. The van der Waals surface area contributed by atoms with Gasteiger partial charge >= 0.3 is 0 Å². The Morgan fingerprint density at radius 2 is 1.91 bits per heavy atom. The molecule has 0 aliphatic rings. The fourth-order valence-electron chi connectivity index (χ4n) is 3.34. The molecular weight excluding hydrogens is 424 g/mol. The van der Waals surface area contributed by atoms with Crippen LogP contribution < -0.4 is 15.4 Å². The summed E-state index contributed by atoms with van der Waals surface area (Å²) in [4.78, 5) is 26.0. The highest BCUT2D eigenvalue weighted by molar-refractivity contribution is 7.20. The van der Waals surface area contributed by atoms with Crippen molar-refractivity contribution >= 4 is 39.1 Å². The minimum absolute atomic E-state index is 0.0707. The van der Waals surface area contributed by atoms with Crippen LogP contribution in [0.25, 0.3) is 10.2 Å². The zero-order valence-electron chi connectivity index (χ0n) is 17.9. The van der Waals surface area contributed by atoms with Crippen LogP contribution in [0.4, 0.5) is 5.69 Å². The molecule has 0 fully saturated rings. The Bertz CT molecular complexity index is 1250. The van der Waals surface area contributed by atoms with E-state index in [9.17, 15) is 9.59 Å². The molecule has 2 aromatic carbocycles. The number of ether oxygens (including phenoxy) is 1. The van der Waals surface area contributed by atoms with E-state index in [2.05, 4.69) is 27.9 Å². The summed E-state index contributed by atoms with van der Waals surface area (Å²) in [6, 6.07) is 19.0. The number of nitrogens with one attached hydrogen (secondary N) is 2. The molecule has 0 radical (unpaired) electrons. The highest BCUT2D eigenvalue weighted by atomic mass is 32.1. The summed E-state index contributed by atoms with van der Waals surface area (Å²) < 4.78 is 7.44. The summed E-state index contributed by atoms with van der Waals surface area (Å²) in [5, 5.41) is 11.2. The Balaban J connectivity index is 1.48. The van der Waals surface area contributed by atoms with Gasteiger partial charge in [-0.05, 0) is 37.6 Å². The first kappa shape index (κ1) is 21.6. The SMILES string of the molecule is CCNC(=O)COc1cccc(NC(=O)c2cc3c(C)nn(Cc4ccccc4)c3s2)c1. The van der Waals surface area contributed by atoms with Gasteiger partial charge in [-0.1, -0.05) is 36.4 Å². The quantitative estimate of drug-likeness (QED) is 0.423. The van der Waals surface area contributed by atoms with Crippen molar-refractivity contribution in [3.63, 3.8) is 0 Å². The fraction of sp³-hybridized carbons (Fsp3) is 0.208. The number of aromatic nitrogens is 2. The molecule has 0 aliphatic carbocycles. The van der Waals surface area contributed by atoms with E-state index < -0.39 is 0 Å². The van der Waals surface area contributed by atoms with E-state index in [1.54, 1.807) is 24.3 Å². The number of nitrogens with zero attached hydrogens (tertiary/aromatic N) is 2. The number of hydrogen-bond donors (Lipinski definition) is 2. The van der Waals surface area contributed by atoms with Gasteiger partial charge in [-0.2, -0.15) is 5.10 Å². The van der Waals surface area contributed by atoms with E-state index in [4.69, 9.17) is 4.74 Å². The van der Waals surface area contributed by atoms with Crippen molar-refractivity contribution in [2.45, 2.75) is 20.4 Å². The Morgan fingerprint density at radius 1 is 1.09 bits per heavy atom. The van der Waals surface area contributed by atoms with Gasteiger partial charge in [0.1, 0.15) is 10.6 Å². The average molecular weight is 449 g/mol. The zero-order chi connectivity index (χ0) is 22.5. The van der Waals surface area contributed by atoms with Gasteiger partial charge in [0.05, 0.1) is 17.1 Å². The van der Waals surface area contributed by atoms with Crippen LogP contribution in [0, 0.1) is 6.92 Å². The fourth-order valence-corrected chi connectivity index (χ4v) is 4.40. The molecular formula is C24H24N4O3S. The zero-order valence-corrected chi connectivity index (χ0v) is 18.7. The maximum atomic E-state index is 12.9. The summed E-state index contributed by atoms with van der Waals surface area (Å²) in [5.41, 5.74) is 2.65. The Labute approximate surface area is 190 Å². The number of amides is 2. The van der Waals surface area contributed by atoms with E-state index in [1.165, 1.54) is 11.3 Å². The van der Waals surface area contributed by atoms with Crippen molar-refractivity contribution in [1.82, 2.24) is 15.1 Å². The van der Waals surface area contributed by atoms with Crippen LogP contribution in [0.2, 0.25) is 0 Å². The van der Waals surface area contributed by atoms with Crippen molar-refractivity contribution in [2.24, 2.45) is 0 Å². The van der Waals surface area contributed by atoms with Gasteiger partial charge in [0.2, 0.25) is 0 Å². The summed E-state index contributed by atoms with van der Waals surface area (Å²) in [5.74, 6) is 0.129. The number of aryl methyl sites for hydroxylation is 1. The lowest BCUT2D eigenvalue weighted by Crippen LogP contribution is -2.28. The predicted octanol–water partition coefficient (Wildman–Crippen LogP) is 4.22. The van der Waals surface area contributed by atoms with Crippen LogP contribution in [-0.4, -0.2) is 34.7 Å². The first-order valence-corrected chi connectivity index (χ1v) is 11.2. The van der Waals surface area contributed by atoms with Gasteiger partial charge in [-0.3, -0.25) is 14.3 Å². The average Bonchev–Trinajstić information content (AvgIpc) is 3.35. The Kier molecular flexibility index (Phi) is 6.51. The molecule has 0 spiro atoms. The van der Waals surface area contributed by atoms with Crippen LogP contribution >= 0.6 is 11.3 Å². The molecule has 0 saturated carbocycles. The van der Waals surface area contributed by atoms with Crippen LogP contribution in [0.1, 0.15) is 27.9 Å². The van der Waals surface area contributed by atoms with Gasteiger partial charge in [0.25, 0.3) is 11.8 Å². The highest BCUT2D eigenvalue weighted by Crippen LogP contribution is 2.29. The summed E-state index contributed by atoms with van der Waals surface area (Å²) >= 11 is 1.42. The number of rotatable bonds is 8. The number of carbonyl (C=O) groups is 2. The van der Waals surface area contributed by atoms with Crippen molar-refractivity contribution in [1.29, 1.82) is 0 Å². The number of benzene rings is 2. The van der Waals surface area contributed by atoms with Crippen LogP contribution in [0.15, 0.2) is 60.7 Å². The highest BCUT2D eigenvalue weighted by Gasteiger charge is 2.17. The van der Waals surface area contributed by atoms with E-state index in [0.29, 0.717) is 29.4 Å². The first-order chi connectivity index (χ1) is 15.5. The molecule has 0 aliphatic heterocycles. The Hall–Kier alpha value is -3.65. The molecule has 0 saturated heterocycles. The maximum Gasteiger partial charge on any atom is 0.265 e. The maximum absolute atomic E-state index is 12.9. The van der Waals surface area contributed by atoms with Crippen LogP contribution in [-0.2, 0) is 11.3 Å². The molecule has 8 heteroatoms. The second-order valence-electron chi connectivity index (χ2n) is 7.28. The largest absolute Gasteiger partial charge is 0.484 e. The lowest BCUT2D eigenvalue weighted by atomic mass is 10.2. The number of hydrogen-bond acceptors (Lipinski definition) is 5. The van der Waals surface area contributed by atoms with Crippen LogP contribution in [0.5, 0.6) is 5.75 Å². The number of anilines is 1. The predicted molar refractivity (Wildman–Crippen MR) is 126 cm³/mol. The second kappa shape index (κ2) is 9.65. The third kappa shape index (κ3) is 4.97. The molecule has 2 aromatic heterocycles. The third-order valence-electron chi connectivity index (χ3n) is 4.84. The van der Waals surface area contributed by atoms with E-state index >= 15 is 0 Å². The van der Waals surface area contributed by atoms with E-state index in [1.807, 2.05) is 42.8 Å². The van der Waals surface area contributed by atoms with E-state index in [0.717, 1.165) is 21.5 Å². The van der Waals surface area contributed by atoms with Crippen molar-refractivity contribution in [2.75, 3.05) is 18.5 Å². The van der Waals surface area contributed by atoms with Crippen molar-refractivity contribution < 1.29 is 14.3 Å². The van der Waals surface area contributed by atoms with Gasteiger partial charge in [0, 0.05) is 23.7 Å². The molecule has 0 atom stereocenters. The standard InChI is InChI=1S/C24H24N4O3S/c1-3-25-22(29)15-31-19-11-7-10-18(12-19)26-23(30)21-13-20-16(2)27-28(24(20)32-21)14-17-8-5-4-6-9-17/h4-13H,3,14-15H2,1-2H3,(H,25,29)(H,26,30). The molecule has 2 heterocycles. The summed E-state index contributed by atoms with van der Waals surface area (Å²) in [6.45, 7) is 4.93. The van der Waals surface area contributed by atoms with Gasteiger partial charge in [0.15, 0.2) is 6.61 Å². The molecule has 4 aromatic rings. The normalized spacial score (nSPS) is 10.8. The molecule has 2 amide bonds. The smallest absolute Gasteiger partial charge is 0.265 e. The third-order valence-corrected chi connectivity index (χ3v) is 5.99. The van der Waals surface area contributed by atoms with Gasteiger partial charge < -0.3 is 15.4 Å². The molecule has 4 rings (SSSR count). The monoisotopic (exact) mass is 448 g/mol. The summed E-state index contributed by atoms with van der Waals surface area (Å²) in [6.07, 6.45) is 0. The number of thiophene rings is 1. The number of carbonyl (C=O) groups excluding carboxylic acids is 2. The molecule has 0 unspecified atom stereocenters. The number of fused-ring (bicyclic) bond motifs is 1. The molecule has 32 heavy (non-hydrogen) atoms.